The molecule has 0 saturated heterocycles. The van der Waals surface area contributed by atoms with E-state index in [1.807, 2.05) is 19.1 Å². The Morgan fingerprint density at radius 3 is 2.93 bits per heavy atom. The van der Waals surface area contributed by atoms with E-state index in [1.165, 1.54) is 0 Å². The third-order valence-corrected chi connectivity index (χ3v) is 2.46. The smallest absolute Gasteiger partial charge is 0.120 e. The van der Waals surface area contributed by atoms with Crippen LogP contribution in [-0.2, 0) is 6.42 Å². The van der Waals surface area contributed by atoms with Gasteiger partial charge in [0.1, 0.15) is 5.75 Å². The monoisotopic (exact) mass is 207 g/mol. The minimum atomic E-state index is 0.301. The van der Waals surface area contributed by atoms with Gasteiger partial charge in [-0.2, -0.15) is 0 Å². The van der Waals surface area contributed by atoms with Crippen LogP contribution in [-0.4, -0.2) is 10.1 Å². The van der Waals surface area contributed by atoms with E-state index in [9.17, 15) is 5.11 Å². The van der Waals surface area contributed by atoms with Crippen LogP contribution in [0.1, 0.15) is 12.5 Å². The average molecular weight is 208 g/mol. The van der Waals surface area contributed by atoms with Crippen LogP contribution >= 0.6 is 11.6 Å². The largest absolute Gasteiger partial charge is 0.508 e. The first kappa shape index (κ1) is 9.28. The third-order valence-electron chi connectivity index (χ3n) is 2.25. The van der Waals surface area contributed by atoms with Crippen LogP contribution in [0.5, 0.6) is 5.75 Å². The lowest BCUT2D eigenvalue weighted by Crippen LogP contribution is -1.88. The van der Waals surface area contributed by atoms with Gasteiger partial charge in [0.05, 0.1) is 10.5 Å². The zero-order valence-corrected chi connectivity index (χ0v) is 8.54. The number of rotatable bonds is 1. The number of phenolic OH excluding ortho intramolecular Hbond substituents is 1. The average Bonchev–Trinajstić information content (AvgIpc) is 2.18. The molecule has 0 spiro atoms. The molecule has 0 saturated carbocycles. The standard InChI is InChI=1S/C11H10ClNO/c1-2-9-10(14)4-3-7-5-8(12)6-13-11(7)9/h3-6,14H,2H2,1H3. The summed E-state index contributed by atoms with van der Waals surface area (Å²) in [6.45, 7) is 1.99. The topological polar surface area (TPSA) is 33.1 Å². The van der Waals surface area contributed by atoms with E-state index in [1.54, 1.807) is 12.3 Å². The fourth-order valence-electron chi connectivity index (χ4n) is 1.57. The van der Waals surface area contributed by atoms with Gasteiger partial charge in [-0.15, -0.1) is 0 Å². The first-order valence-corrected chi connectivity index (χ1v) is 4.86. The van der Waals surface area contributed by atoms with Crippen LogP contribution in [0.3, 0.4) is 0 Å². The molecule has 0 radical (unpaired) electrons. The SMILES string of the molecule is CCc1c(O)ccc2cc(Cl)cnc12. The van der Waals surface area contributed by atoms with E-state index in [4.69, 9.17) is 11.6 Å². The molecule has 2 aromatic rings. The molecule has 1 aromatic heterocycles. The van der Waals surface area contributed by atoms with Crippen molar-refractivity contribution >= 4 is 22.5 Å². The lowest BCUT2D eigenvalue weighted by Gasteiger charge is -2.05. The number of aromatic hydroxyl groups is 1. The Hall–Kier alpha value is -1.28. The molecule has 2 rings (SSSR count). The highest BCUT2D eigenvalue weighted by Crippen LogP contribution is 2.27. The van der Waals surface area contributed by atoms with Crippen LogP contribution in [0.4, 0.5) is 0 Å². The number of aryl methyl sites for hydroxylation is 1. The summed E-state index contributed by atoms with van der Waals surface area (Å²) in [5.41, 5.74) is 1.70. The first-order valence-electron chi connectivity index (χ1n) is 4.48. The Labute approximate surface area is 87.2 Å². The number of nitrogens with zero attached hydrogens (tertiary/aromatic N) is 1. The molecule has 0 amide bonds. The number of phenols is 1. The zero-order chi connectivity index (χ0) is 10.1. The molecule has 0 aliphatic carbocycles. The van der Waals surface area contributed by atoms with Crippen molar-refractivity contribution in [1.29, 1.82) is 0 Å². The minimum absolute atomic E-state index is 0.301. The van der Waals surface area contributed by atoms with Gasteiger partial charge in [0, 0.05) is 17.1 Å². The van der Waals surface area contributed by atoms with Crippen molar-refractivity contribution in [2.75, 3.05) is 0 Å². The second-order valence-corrected chi connectivity index (χ2v) is 3.58. The lowest BCUT2D eigenvalue weighted by atomic mass is 10.1. The summed E-state index contributed by atoms with van der Waals surface area (Å²) in [5, 5.41) is 11.2. The molecule has 3 heteroatoms. The summed E-state index contributed by atoms with van der Waals surface area (Å²) in [6.07, 6.45) is 2.36. The minimum Gasteiger partial charge on any atom is -0.508 e. The summed E-state index contributed by atoms with van der Waals surface area (Å²) in [4.78, 5) is 4.22. The molecule has 14 heavy (non-hydrogen) atoms. The summed E-state index contributed by atoms with van der Waals surface area (Å²) in [6, 6.07) is 5.35. The van der Waals surface area contributed by atoms with Gasteiger partial charge in [-0.05, 0) is 24.6 Å². The van der Waals surface area contributed by atoms with Crippen molar-refractivity contribution in [2.24, 2.45) is 0 Å². The fraction of sp³-hybridized carbons (Fsp3) is 0.182. The second-order valence-electron chi connectivity index (χ2n) is 3.14. The maximum absolute atomic E-state index is 9.60. The van der Waals surface area contributed by atoms with Gasteiger partial charge in [-0.25, -0.2) is 0 Å². The molecule has 1 heterocycles. The highest BCUT2D eigenvalue weighted by molar-refractivity contribution is 6.31. The molecule has 1 N–H and O–H groups in total. The summed E-state index contributed by atoms with van der Waals surface area (Å²) in [5.74, 6) is 0.301. The Kier molecular flexibility index (Phi) is 2.30. The van der Waals surface area contributed by atoms with Crippen molar-refractivity contribution in [2.45, 2.75) is 13.3 Å². The summed E-state index contributed by atoms with van der Waals surface area (Å²) in [7, 11) is 0. The van der Waals surface area contributed by atoms with E-state index >= 15 is 0 Å². The van der Waals surface area contributed by atoms with Crippen LogP contribution in [0.25, 0.3) is 10.9 Å². The van der Waals surface area contributed by atoms with Gasteiger partial charge in [0.25, 0.3) is 0 Å². The Morgan fingerprint density at radius 1 is 1.43 bits per heavy atom. The number of pyridine rings is 1. The maximum atomic E-state index is 9.60. The Morgan fingerprint density at radius 2 is 2.21 bits per heavy atom. The third kappa shape index (κ3) is 1.42. The van der Waals surface area contributed by atoms with Gasteiger partial charge in [-0.3, -0.25) is 4.98 Å². The number of aromatic nitrogens is 1. The molecule has 0 fully saturated rings. The van der Waals surface area contributed by atoms with E-state index in [-0.39, 0.29) is 0 Å². The van der Waals surface area contributed by atoms with Crippen LogP contribution in [0, 0.1) is 0 Å². The summed E-state index contributed by atoms with van der Waals surface area (Å²) >= 11 is 5.83. The Balaban J connectivity index is 2.82. The van der Waals surface area contributed by atoms with Gasteiger partial charge in [0.15, 0.2) is 0 Å². The number of benzene rings is 1. The van der Waals surface area contributed by atoms with Gasteiger partial charge < -0.3 is 5.11 Å². The molecule has 0 atom stereocenters. The van der Waals surface area contributed by atoms with Crippen molar-refractivity contribution < 1.29 is 5.11 Å². The van der Waals surface area contributed by atoms with Gasteiger partial charge >= 0.3 is 0 Å². The molecule has 0 unspecified atom stereocenters. The van der Waals surface area contributed by atoms with Crippen molar-refractivity contribution in [1.82, 2.24) is 4.98 Å². The van der Waals surface area contributed by atoms with Crippen molar-refractivity contribution in [3.8, 4) is 5.75 Å². The molecule has 2 nitrogen and oxygen atoms in total. The number of hydrogen-bond donors (Lipinski definition) is 1. The zero-order valence-electron chi connectivity index (χ0n) is 7.79. The molecule has 0 bridgehead atoms. The molecule has 72 valence electrons. The van der Waals surface area contributed by atoms with Gasteiger partial charge in [-0.1, -0.05) is 18.5 Å². The number of hydrogen-bond acceptors (Lipinski definition) is 2. The number of fused-ring (bicyclic) bond motifs is 1. The quantitative estimate of drug-likeness (QED) is 0.779. The molecule has 0 aliphatic heterocycles. The van der Waals surface area contributed by atoms with Gasteiger partial charge in [0.2, 0.25) is 0 Å². The molecule has 1 aromatic carbocycles. The lowest BCUT2D eigenvalue weighted by molar-refractivity contribution is 0.470. The van der Waals surface area contributed by atoms with E-state index in [2.05, 4.69) is 4.98 Å². The van der Waals surface area contributed by atoms with Crippen LogP contribution in [0.2, 0.25) is 5.02 Å². The highest BCUT2D eigenvalue weighted by Gasteiger charge is 2.06. The predicted octanol–water partition coefficient (Wildman–Crippen LogP) is 3.16. The fourth-order valence-corrected chi connectivity index (χ4v) is 1.74. The highest BCUT2D eigenvalue weighted by atomic mass is 35.5. The van der Waals surface area contributed by atoms with E-state index < -0.39 is 0 Å². The van der Waals surface area contributed by atoms with Crippen LogP contribution < -0.4 is 0 Å². The predicted molar refractivity (Wildman–Crippen MR) is 57.8 cm³/mol. The molecular weight excluding hydrogens is 198 g/mol. The van der Waals surface area contributed by atoms with E-state index in [0.717, 1.165) is 22.9 Å². The summed E-state index contributed by atoms with van der Waals surface area (Å²) < 4.78 is 0. The van der Waals surface area contributed by atoms with Crippen molar-refractivity contribution in [3.05, 3.63) is 35.0 Å². The maximum Gasteiger partial charge on any atom is 0.120 e. The van der Waals surface area contributed by atoms with Crippen molar-refractivity contribution in [3.63, 3.8) is 0 Å². The second kappa shape index (κ2) is 3.46. The number of halogens is 1. The van der Waals surface area contributed by atoms with Crippen LogP contribution in [0.15, 0.2) is 24.4 Å². The van der Waals surface area contributed by atoms with E-state index in [0.29, 0.717) is 10.8 Å². The normalized spacial score (nSPS) is 10.7. The first-order chi connectivity index (χ1) is 6.72. The molecular formula is C11H10ClNO. The molecule has 0 aliphatic rings. The Bertz CT molecular complexity index is 482.